The van der Waals surface area contributed by atoms with E-state index in [0.717, 1.165) is 25.7 Å². The SMILES string of the molecule is COC(=O)c1ccc(S(=O)(=O)NC(CN)C2CCCCC2)c(OC)c1. The van der Waals surface area contributed by atoms with Gasteiger partial charge in [-0.25, -0.2) is 17.9 Å². The molecule has 1 aromatic rings. The first kappa shape index (κ1) is 19.7. The van der Waals surface area contributed by atoms with Crippen molar-refractivity contribution in [1.29, 1.82) is 0 Å². The summed E-state index contributed by atoms with van der Waals surface area (Å²) in [5, 5.41) is 0. The van der Waals surface area contributed by atoms with Crippen LogP contribution in [0.5, 0.6) is 5.75 Å². The van der Waals surface area contributed by atoms with Gasteiger partial charge in [0.2, 0.25) is 10.0 Å². The van der Waals surface area contributed by atoms with Crippen LogP contribution in [0.15, 0.2) is 23.1 Å². The molecule has 1 aromatic carbocycles. The normalized spacial score (nSPS) is 17.1. The van der Waals surface area contributed by atoms with Gasteiger partial charge in [0.15, 0.2) is 0 Å². The Morgan fingerprint density at radius 1 is 1.28 bits per heavy atom. The van der Waals surface area contributed by atoms with Gasteiger partial charge in [-0.1, -0.05) is 19.3 Å². The van der Waals surface area contributed by atoms with Crippen LogP contribution in [0.4, 0.5) is 0 Å². The number of hydrogen-bond acceptors (Lipinski definition) is 6. The average Bonchev–Trinajstić information content (AvgIpc) is 2.65. The summed E-state index contributed by atoms with van der Waals surface area (Å²) < 4.78 is 38.2. The van der Waals surface area contributed by atoms with Crippen LogP contribution in [0.3, 0.4) is 0 Å². The molecule has 0 spiro atoms. The number of nitrogens with two attached hydrogens (primary N) is 1. The summed E-state index contributed by atoms with van der Waals surface area (Å²) in [7, 11) is -1.20. The Kier molecular flexibility index (Phi) is 6.80. The molecular formula is C17H26N2O5S. The highest BCUT2D eigenvalue weighted by Crippen LogP contribution is 2.29. The summed E-state index contributed by atoms with van der Waals surface area (Å²) in [6, 6.07) is 3.80. The molecule has 1 aliphatic rings. The number of nitrogens with one attached hydrogen (secondary N) is 1. The highest BCUT2D eigenvalue weighted by molar-refractivity contribution is 7.89. The van der Waals surface area contributed by atoms with Crippen molar-refractivity contribution < 1.29 is 22.7 Å². The molecule has 1 saturated carbocycles. The highest BCUT2D eigenvalue weighted by atomic mass is 32.2. The average molecular weight is 370 g/mol. The van der Waals surface area contributed by atoms with Crippen molar-refractivity contribution in [2.24, 2.45) is 11.7 Å². The third kappa shape index (κ3) is 4.71. The zero-order valence-electron chi connectivity index (χ0n) is 14.7. The molecule has 1 unspecified atom stereocenters. The van der Waals surface area contributed by atoms with Gasteiger partial charge in [-0.05, 0) is 37.0 Å². The van der Waals surface area contributed by atoms with Crippen molar-refractivity contribution >= 4 is 16.0 Å². The minimum atomic E-state index is -3.82. The smallest absolute Gasteiger partial charge is 0.337 e. The van der Waals surface area contributed by atoms with Gasteiger partial charge in [0.25, 0.3) is 0 Å². The Bertz CT molecular complexity index is 699. The number of esters is 1. The standard InChI is InChI=1S/C17H26N2O5S/c1-23-15-10-13(17(20)24-2)8-9-16(15)25(21,22)19-14(11-18)12-6-4-3-5-7-12/h8-10,12,14,19H,3-7,11,18H2,1-2H3. The van der Waals surface area contributed by atoms with Gasteiger partial charge < -0.3 is 15.2 Å². The van der Waals surface area contributed by atoms with Crippen molar-refractivity contribution in [1.82, 2.24) is 4.72 Å². The Hall–Kier alpha value is -1.64. The minimum Gasteiger partial charge on any atom is -0.495 e. The van der Waals surface area contributed by atoms with Crippen LogP contribution in [-0.4, -0.2) is 41.2 Å². The van der Waals surface area contributed by atoms with E-state index in [1.54, 1.807) is 0 Å². The molecule has 1 fully saturated rings. The van der Waals surface area contributed by atoms with E-state index in [-0.39, 0.29) is 34.7 Å². The molecule has 0 amide bonds. The number of carbonyl (C=O) groups excluding carboxylic acids is 1. The van der Waals surface area contributed by atoms with Crippen LogP contribution in [0.25, 0.3) is 0 Å². The lowest BCUT2D eigenvalue weighted by Gasteiger charge is -2.30. The first-order valence-corrected chi connectivity index (χ1v) is 9.90. The fraction of sp³-hybridized carbons (Fsp3) is 0.588. The zero-order valence-corrected chi connectivity index (χ0v) is 15.5. The molecule has 7 nitrogen and oxygen atoms in total. The fourth-order valence-corrected chi connectivity index (χ4v) is 4.74. The van der Waals surface area contributed by atoms with Gasteiger partial charge in [-0.3, -0.25) is 0 Å². The van der Waals surface area contributed by atoms with E-state index in [0.29, 0.717) is 0 Å². The quantitative estimate of drug-likeness (QED) is 0.707. The van der Waals surface area contributed by atoms with E-state index in [2.05, 4.69) is 9.46 Å². The first-order chi connectivity index (χ1) is 11.9. The van der Waals surface area contributed by atoms with E-state index in [1.165, 1.54) is 38.8 Å². The summed E-state index contributed by atoms with van der Waals surface area (Å²) in [6.07, 6.45) is 5.33. The number of benzene rings is 1. The second kappa shape index (κ2) is 8.64. The lowest BCUT2D eigenvalue weighted by Crippen LogP contribution is -2.45. The maximum atomic E-state index is 12.8. The minimum absolute atomic E-state index is 0.0167. The number of carbonyl (C=O) groups is 1. The summed E-state index contributed by atoms with van der Waals surface area (Å²) in [5.74, 6) is -0.221. The van der Waals surface area contributed by atoms with E-state index in [4.69, 9.17) is 10.5 Å². The van der Waals surface area contributed by atoms with Gasteiger partial charge in [0.05, 0.1) is 19.8 Å². The third-order valence-corrected chi connectivity index (χ3v) is 6.18. The fourth-order valence-electron chi connectivity index (χ4n) is 3.27. The van der Waals surface area contributed by atoms with E-state index < -0.39 is 16.0 Å². The van der Waals surface area contributed by atoms with Gasteiger partial charge in [0, 0.05) is 12.6 Å². The van der Waals surface area contributed by atoms with E-state index >= 15 is 0 Å². The summed E-state index contributed by atoms with van der Waals surface area (Å²) in [6.45, 7) is 0.243. The molecular weight excluding hydrogens is 344 g/mol. The molecule has 0 aliphatic heterocycles. The van der Waals surface area contributed by atoms with Crippen LogP contribution >= 0.6 is 0 Å². The number of ether oxygens (including phenoxy) is 2. The number of hydrogen-bond donors (Lipinski definition) is 2. The van der Waals surface area contributed by atoms with Crippen molar-refractivity contribution in [3.63, 3.8) is 0 Å². The van der Waals surface area contributed by atoms with Crippen molar-refractivity contribution in [3.8, 4) is 5.75 Å². The van der Waals surface area contributed by atoms with Crippen LogP contribution in [0.1, 0.15) is 42.5 Å². The van der Waals surface area contributed by atoms with Crippen LogP contribution in [-0.2, 0) is 14.8 Å². The molecule has 1 aliphatic carbocycles. The van der Waals surface area contributed by atoms with E-state index in [9.17, 15) is 13.2 Å². The molecule has 1 atom stereocenters. The second-order valence-electron chi connectivity index (χ2n) is 6.22. The van der Waals surface area contributed by atoms with Crippen LogP contribution in [0.2, 0.25) is 0 Å². The predicted molar refractivity (Wildman–Crippen MR) is 94.1 cm³/mol. The molecule has 2 rings (SSSR count). The summed E-state index contributed by atoms with van der Waals surface area (Å²) >= 11 is 0. The van der Waals surface area contributed by atoms with Gasteiger partial charge in [-0.2, -0.15) is 0 Å². The molecule has 0 heterocycles. The topological polar surface area (TPSA) is 108 Å². The lowest BCUT2D eigenvalue weighted by atomic mass is 9.84. The maximum Gasteiger partial charge on any atom is 0.337 e. The Morgan fingerprint density at radius 3 is 2.52 bits per heavy atom. The summed E-state index contributed by atoms with van der Waals surface area (Å²) in [4.78, 5) is 11.6. The number of sulfonamides is 1. The Balaban J connectivity index is 2.26. The van der Waals surface area contributed by atoms with Crippen LogP contribution in [0, 0.1) is 5.92 Å². The van der Waals surface area contributed by atoms with Crippen molar-refractivity contribution in [2.75, 3.05) is 20.8 Å². The molecule has 3 N–H and O–H groups in total. The molecule has 140 valence electrons. The Morgan fingerprint density at radius 2 is 1.96 bits per heavy atom. The number of methoxy groups -OCH3 is 2. The molecule has 8 heteroatoms. The van der Waals surface area contributed by atoms with E-state index in [1.807, 2.05) is 0 Å². The lowest BCUT2D eigenvalue weighted by molar-refractivity contribution is 0.0600. The zero-order chi connectivity index (χ0) is 18.4. The second-order valence-corrected chi connectivity index (χ2v) is 7.90. The van der Waals surface area contributed by atoms with Crippen molar-refractivity contribution in [2.45, 2.75) is 43.0 Å². The summed E-state index contributed by atoms with van der Waals surface area (Å²) in [5.41, 5.74) is 6.05. The molecule has 0 saturated heterocycles. The van der Waals surface area contributed by atoms with Gasteiger partial charge in [-0.15, -0.1) is 0 Å². The predicted octanol–water partition coefficient (Wildman–Crippen LogP) is 1.67. The van der Waals surface area contributed by atoms with Crippen molar-refractivity contribution in [3.05, 3.63) is 23.8 Å². The molecule has 0 bridgehead atoms. The Labute approximate surface area is 148 Å². The molecule has 25 heavy (non-hydrogen) atoms. The van der Waals surface area contributed by atoms with Gasteiger partial charge >= 0.3 is 5.97 Å². The van der Waals surface area contributed by atoms with Crippen LogP contribution < -0.4 is 15.2 Å². The molecule has 0 radical (unpaired) electrons. The first-order valence-electron chi connectivity index (χ1n) is 8.41. The number of rotatable bonds is 7. The highest BCUT2D eigenvalue weighted by Gasteiger charge is 2.29. The molecule has 0 aromatic heterocycles. The maximum absolute atomic E-state index is 12.8. The third-order valence-electron chi connectivity index (χ3n) is 4.65. The monoisotopic (exact) mass is 370 g/mol. The van der Waals surface area contributed by atoms with Gasteiger partial charge in [0.1, 0.15) is 10.6 Å². The largest absolute Gasteiger partial charge is 0.495 e.